The molecule has 0 fully saturated rings. The first kappa shape index (κ1) is 18.7. The van der Waals surface area contributed by atoms with E-state index < -0.39 is 17.9 Å². The monoisotopic (exact) mass is 410 g/mol. The first-order valence-corrected chi connectivity index (χ1v) is 9.79. The molecule has 0 atom stereocenters. The highest BCUT2D eigenvalue weighted by Crippen LogP contribution is 2.39. The zero-order valence-electron chi connectivity index (χ0n) is 16.3. The highest BCUT2D eigenvalue weighted by Gasteiger charge is 2.32. The minimum atomic E-state index is -1.07. The fraction of sp³-hybridized carbons (Fsp3) is 0.0400. The summed E-state index contributed by atoms with van der Waals surface area (Å²) >= 11 is 0. The number of carboxylic acid groups (broad SMARTS) is 2. The van der Waals surface area contributed by atoms with Gasteiger partial charge in [0, 0.05) is 33.2 Å². The van der Waals surface area contributed by atoms with Crippen molar-refractivity contribution in [2.45, 2.75) is 5.92 Å². The van der Waals surface area contributed by atoms with Crippen LogP contribution in [0.4, 0.5) is 0 Å². The number of benzene rings is 3. The number of hydrogen-bond donors (Lipinski definition) is 4. The molecule has 152 valence electrons. The number of aromatic nitrogens is 2. The molecule has 2 aromatic heterocycles. The Balaban J connectivity index is 1.89. The first-order chi connectivity index (χ1) is 15.1. The van der Waals surface area contributed by atoms with Gasteiger partial charge in [0.2, 0.25) is 0 Å². The summed E-state index contributed by atoms with van der Waals surface area (Å²) in [6, 6.07) is 23.7. The molecule has 0 aliphatic heterocycles. The minimum absolute atomic E-state index is 0.138. The number of nitrogens with one attached hydrogen (secondary N) is 2. The van der Waals surface area contributed by atoms with E-state index in [2.05, 4.69) is 9.97 Å². The van der Waals surface area contributed by atoms with Gasteiger partial charge in [-0.15, -0.1) is 0 Å². The van der Waals surface area contributed by atoms with Gasteiger partial charge in [-0.25, -0.2) is 9.59 Å². The van der Waals surface area contributed by atoms with Crippen LogP contribution in [0, 0.1) is 0 Å². The molecule has 0 radical (unpaired) electrons. The third-order valence-electron chi connectivity index (χ3n) is 5.61. The van der Waals surface area contributed by atoms with Crippen LogP contribution < -0.4 is 0 Å². The molecule has 0 aliphatic rings. The molecule has 0 amide bonds. The lowest BCUT2D eigenvalue weighted by atomic mass is 9.87. The van der Waals surface area contributed by atoms with E-state index in [1.807, 2.05) is 54.6 Å². The van der Waals surface area contributed by atoms with E-state index in [9.17, 15) is 19.8 Å². The highest BCUT2D eigenvalue weighted by molar-refractivity contribution is 6.07. The maximum Gasteiger partial charge on any atom is 0.338 e. The van der Waals surface area contributed by atoms with Gasteiger partial charge in [-0.1, -0.05) is 66.7 Å². The SMILES string of the molecule is O=C(O)c1c(C(c2ccccc2)c2[nH]c3ccccc3c2C(=O)O)[nH]c2ccccc12. The lowest BCUT2D eigenvalue weighted by Gasteiger charge is -2.18. The van der Waals surface area contributed by atoms with E-state index in [1.54, 1.807) is 24.3 Å². The molecule has 0 bridgehead atoms. The van der Waals surface area contributed by atoms with Crippen molar-refractivity contribution in [3.05, 3.63) is 107 Å². The van der Waals surface area contributed by atoms with Crippen LogP contribution in [0.5, 0.6) is 0 Å². The van der Waals surface area contributed by atoms with Gasteiger partial charge in [0.1, 0.15) is 0 Å². The van der Waals surface area contributed by atoms with Crippen LogP contribution in [0.2, 0.25) is 0 Å². The average Bonchev–Trinajstić information content (AvgIpc) is 3.33. The predicted molar refractivity (Wildman–Crippen MR) is 118 cm³/mol. The molecule has 6 heteroatoms. The molecule has 0 aliphatic carbocycles. The van der Waals surface area contributed by atoms with Gasteiger partial charge in [0.15, 0.2) is 0 Å². The number of carbonyl (C=O) groups is 2. The van der Waals surface area contributed by atoms with Crippen molar-refractivity contribution in [2.75, 3.05) is 0 Å². The van der Waals surface area contributed by atoms with Crippen molar-refractivity contribution in [1.29, 1.82) is 0 Å². The number of fused-ring (bicyclic) bond motifs is 2. The lowest BCUT2D eigenvalue weighted by molar-refractivity contribution is 0.0688. The third kappa shape index (κ3) is 2.97. The van der Waals surface area contributed by atoms with Crippen molar-refractivity contribution in [3.8, 4) is 0 Å². The predicted octanol–water partition coefficient (Wildman–Crippen LogP) is 5.23. The quantitative estimate of drug-likeness (QED) is 0.318. The summed E-state index contributed by atoms with van der Waals surface area (Å²) in [5.74, 6) is -2.78. The Kier molecular flexibility index (Phi) is 4.33. The van der Waals surface area contributed by atoms with Gasteiger partial charge in [0.05, 0.1) is 17.0 Å². The normalized spacial score (nSPS) is 11.4. The number of aromatic amines is 2. The Morgan fingerprint density at radius 3 is 1.48 bits per heavy atom. The number of aromatic carboxylic acids is 2. The van der Waals surface area contributed by atoms with Crippen molar-refractivity contribution in [2.24, 2.45) is 0 Å². The number of hydrogen-bond acceptors (Lipinski definition) is 2. The van der Waals surface area contributed by atoms with Crippen molar-refractivity contribution >= 4 is 33.7 Å². The molecular weight excluding hydrogens is 392 g/mol. The number of carboxylic acids is 2. The smallest absolute Gasteiger partial charge is 0.338 e. The zero-order chi connectivity index (χ0) is 21.5. The van der Waals surface area contributed by atoms with Crippen LogP contribution >= 0.6 is 0 Å². The van der Waals surface area contributed by atoms with E-state index >= 15 is 0 Å². The van der Waals surface area contributed by atoms with Crippen LogP contribution in [0.15, 0.2) is 78.9 Å². The topological polar surface area (TPSA) is 106 Å². The summed E-state index contributed by atoms with van der Waals surface area (Å²) in [6.07, 6.45) is 0. The van der Waals surface area contributed by atoms with E-state index in [0.29, 0.717) is 33.2 Å². The summed E-state index contributed by atoms with van der Waals surface area (Å²) in [5.41, 5.74) is 3.31. The molecular formula is C25H18N2O4. The molecule has 3 aromatic carbocycles. The standard InChI is InChI=1S/C25H18N2O4/c28-24(29)20-15-10-4-6-12-17(15)26-22(20)19(14-8-2-1-3-9-14)23-21(25(30)31)16-11-5-7-13-18(16)27-23/h1-13,19,26-27H,(H,28,29)(H,30,31). The van der Waals surface area contributed by atoms with Gasteiger partial charge in [0.25, 0.3) is 0 Å². The summed E-state index contributed by atoms with van der Waals surface area (Å²) < 4.78 is 0. The molecule has 2 heterocycles. The average molecular weight is 410 g/mol. The second-order valence-electron chi connectivity index (χ2n) is 7.37. The Bertz CT molecular complexity index is 1350. The fourth-order valence-corrected chi connectivity index (χ4v) is 4.34. The van der Waals surface area contributed by atoms with E-state index in [0.717, 1.165) is 5.56 Å². The largest absolute Gasteiger partial charge is 0.478 e. The summed E-state index contributed by atoms with van der Waals surface area (Å²) in [6.45, 7) is 0. The molecule has 5 rings (SSSR count). The second kappa shape index (κ2) is 7.18. The van der Waals surface area contributed by atoms with Crippen LogP contribution in [0.1, 0.15) is 43.6 Å². The van der Waals surface area contributed by atoms with E-state index in [4.69, 9.17) is 0 Å². The summed E-state index contributed by atoms with van der Waals surface area (Å²) in [5, 5.41) is 21.3. The van der Waals surface area contributed by atoms with Crippen molar-refractivity contribution in [1.82, 2.24) is 9.97 Å². The molecule has 4 N–H and O–H groups in total. The molecule has 5 aromatic rings. The van der Waals surface area contributed by atoms with Gasteiger partial charge < -0.3 is 20.2 Å². The van der Waals surface area contributed by atoms with Gasteiger partial charge >= 0.3 is 11.9 Å². The Hall–Kier alpha value is -4.32. The first-order valence-electron chi connectivity index (χ1n) is 9.79. The van der Waals surface area contributed by atoms with Gasteiger partial charge in [-0.3, -0.25) is 0 Å². The Labute approximate surface area is 176 Å². The lowest BCUT2D eigenvalue weighted by Crippen LogP contribution is -2.13. The maximum atomic E-state index is 12.3. The van der Waals surface area contributed by atoms with Crippen LogP contribution in [0.3, 0.4) is 0 Å². The Morgan fingerprint density at radius 2 is 1.03 bits per heavy atom. The number of rotatable bonds is 5. The van der Waals surface area contributed by atoms with Gasteiger partial charge in [-0.2, -0.15) is 0 Å². The number of H-pyrrole nitrogens is 2. The van der Waals surface area contributed by atoms with Crippen LogP contribution in [-0.2, 0) is 0 Å². The zero-order valence-corrected chi connectivity index (χ0v) is 16.3. The molecule has 6 nitrogen and oxygen atoms in total. The fourth-order valence-electron chi connectivity index (χ4n) is 4.34. The van der Waals surface area contributed by atoms with E-state index in [-0.39, 0.29) is 11.1 Å². The number of para-hydroxylation sites is 2. The van der Waals surface area contributed by atoms with E-state index in [1.165, 1.54) is 0 Å². The summed E-state index contributed by atoms with van der Waals surface area (Å²) in [7, 11) is 0. The summed E-state index contributed by atoms with van der Waals surface area (Å²) in [4.78, 5) is 31.1. The maximum absolute atomic E-state index is 12.3. The van der Waals surface area contributed by atoms with Crippen LogP contribution in [-0.4, -0.2) is 32.1 Å². The highest BCUT2D eigenvalue weighted by atomic mass is 16.4. The van der Waals surface area contributed by atoms with Crippen LogP contribution in [0.25, 0.3) is 21.8 Å². The minimum Gasteiger partial charge on any atom is -0.478 e. The van der Waals surface area contributed by atoms with Gasteiger partial charge in [-0.05, 0) is 17.7 Å². The van der Waals surface area contributed by atoms with Crippen molar-refractivity contribution < 1.29 is 19.8 Å². The second-order valence-corrected chi connectivity index (χ2v) is 7.37. The molecule has 0 saturated heterocycles. The third-order valence-corrected chi connectivity index (χ3v) is 5.61. The Morgan fingerprint density at radius 1 is 0.613 bits per heavy atom. The molecule has 0 spiro atoms. The van der Waals surface area contributed by atoms with Crippen molar-refractivity contribution in [3.63, 3.8) is 0 Å². The molecule has 31 heavy (non-hydrogen) atoms. The molecule has 0 unspecified atom stereocenters. The molecule has 0 saturated carbocycles.